The van der Waals surface area contributed by atoms with E-state index in [9.17, 15) is 14.7 Å². The summed E-state index contributed by atoms with van der Waals surface area (Å²) in [7, 11) is 0. The summed E-state index contributed by atoms with van der Waals surface area (Å²) in [6.45, 7) is 3.61. The van der Waals surface area contributed by atoms with E-state index in [1.165, 1.54) is 6.92 Å². The molecule has 4 rings (SSSR count). The number of Topliss-reactive ketones (excluding diaryl/α,β-unsaturated/α-hetero) is 1. The van der Waals surface area contributed by atoms with Crippen molar-refractivity contribution in [2.24, 2.45) is 0 Å². The minimum atomic E-state index is -0.650. The molecule has 1 unspecified atom stereocenters. The van der Waals surface area contributed by atoms with Crippen LogP contribution in [-0.4, -0.2) is 33.2 Å². The van der Waals surface area contributed by atoms with Crippen LogP contribution in [0.4, 0.5) is 0 Å². The van der Waals surface area contributed by atoms with Crippen molar-refractivity contribution in [3.05, 3.63) is 81.7 Å². The molecule has 1 aliphatic rings. The number of fused-ring (bicyclic) bond motifs is 1. The maximum atomic E-state index is 12.8. The summed E-state index contributed by atoms with van der Waals surface area (Å²) in [5.41, 5.74) is 3.84. The zero-order valence-corrected chi connectivity index (χ0v) is 17.0. The van der Waals surface area contributed by atoms with Gasteiger partial charge >= 0.3 is 0 Å². The standard InChI is InChI=1S/C23H21ClN2O3/c1-13-7-8-15(11-18(13)24)21-20(14(2)27)22(28)23(29)26(21)10-9-16-12-25-19-6-4-3-5-17(16)19/h3-8,11-12,21,25,28H,9-10H2,1-2H3. The number of ketones is 1. The Labute approximate surface area is 173 Å². The normalized spacial score (nSPS) is 16.9. The van der Waals surface area contributed by atoms with Gasteiger partial charge in [-0.2, -0.15) is 0 Å². The molecule has 0 bridgehead atoms. The zero-order chi connectivity index (χ0) is 20.7. The molecule has 0 radical (unpaired) electrons. The van der Waals surface area contributed by atoms with Crippen LogP contribution in [0.15, 0.2) is 60.0 Å². The number of halogens is 1. The number of rotatable bonds is 5. The largest absolute Gasteiger partial charge is 0.503 e. The monoisotopic (exact) mass is 408 g/mol. The SMILES string of the molecule is CC(=O)C1=C(O)C(=O)N(CCc2c[nH]c3ccccc23)C1c1ccc(C)c(Cl)c1. The molecule has 148 valence electrons. The first-order valence-corrected chi connectivity index (χ1v) is 9.82. The molecule has 0 saturated carbocycles. The minimum absolute atomic E-state index is 0.119. The summed E-state index contributed by atoms with van der Waals surface area (Å²) >= 11 is 6.29. The van der Waals surface area contributed by atoms with Gasteiger partial charge in [0.25, 0.3) is 5.91 Å². The first kappa shape index (κ1) is 19.3. The van der Waals surface area contributed by atoms with Crippen molar-refractivity contribution in [1.29, 1.82) is 0 Å². The predicted molar refractivity (Wildman–Crippen MR) is 113 cm³/mol. The third-order valence-electron chi connectivity index (χ3n) is 5.49. The second-order valence-electron chi connectivity index (χ2n) is 7.34. The van der Waals surface area contributed by atoms with Gasteiger partial charge in [-0.15, -0.1) is 0 Å². The average Bonchev–Trinajstić information content (AvgIpc) is 3.22. The lowest BCUT2D eigenvalue weighted by Crippen LogP contribution is -2.32. The first-order valence-electron chi connectivity index (χ1n) is 9.44. The van der Waals surface area contributed by atoms with Crippen LogP contribution < -0.4 is 0 Å². The van der Waals surface area contributed by atoms with Crippen molar-refractivity contribution in [1.82, 2.24) is 9.88 Å². The number of H-pyrrole nitrogens is 1. The van der Waals surface area contributed by atoms with Gasteiger partial charge in [0.15, 0.2) is 11.5 Å². The summed E-state index contributed by atoms with van der Waals surface area (Å²) in [6.07, 6.45) is 2.52. The molecule has 2 heterocycles. The van der Waals surface area contributed by atoms with Crippen LogP contribution in [0.3, 0.4) is 0 Å². The lowest BCUT2D eigenvalue weighted by molar-refractivity contribution is -0.129. The Hall–Kier alpha value is -3.05. The van der Waals surface area contributed by atoms with Gasteiger partial charge in [-0.25, -0.2) is 0 Å². The first-order chi connectivity index (χ1) is 13.9. The molecule has 0 spiro atoms. The number of hydrogen-bond acceptors (Lipinski definition) is 3. The average molecular weight is 409 g/mol. The predicted octanol–water partition coefficient (Wildman–Crippen LogP) is 4.66. The van der Waals surface area contributed by atoms with E-state index in [0.29, 0.717) is 23.6 Å². The fraction of sp³-hybridized carbons (Fsp3) is 0.217. The number of aromatic amines is 1. The highest BCUT2D eigenvalue weighted by Gasteiger charge is 2.42. The van der Waals surface area contributed by atoms with Gasteiger partial charge in [0, 0.05) is 28.7 Å². The van der Waals surface area contributed by atoms with Crippen molar-refractivity contribution >= 4 is 34.2 Å². The molecule has 1 aliphatic heterocycles. The summed E-state index contributed by atoms with van der Waals surface area (Å²) < 4.78 is 0. The molecule has 1 atom stereocenters. The third-order valence-corrected chi connectivity index (χ3v) is 5.90. The molecular formula is C23H21ClN2O3. The summed E-state index contributed by atoms with van der Waals surface area (Å²) in [5, 5.41) is 12.1. The molecule has 2 aromatic carbocycles. The molecule has 2 N–H and O–H groups in total. The number of aromatic nitrogens is 1. The maximum absolute atomic E-state index is 12.8. The van der Waals surface area contributed by atoms with Gasteiger partial charge in [0.2, 0.25) is 0 Å². The molecular weight excluding hydrogens is 388 g/mol. The number of aliphatic hydroxyl groups excluding tert-OH is 1. The molecule has 29 heavy (non-hydrogen) atoms. The third kappa shape index (κ3) is 3.32. The molecule has 1 amide bonds. The Bertz CT molecular complexity index is 1160. The lowest BCUT2D eigenvalue weighted by atomic mass is 9.95. The van der Waals surface area contributed by atoms with Crippen molar-refractivity contribution < 1.29 is 14.7 Å². The number of aryl methyl sites for hydroxylation is 1. The van der Waals surface area contributed by atoms with E-state index in [-0.39, 0.29) is 11.4 Å². The number of amides is 1. The number of para-hydroxylation sites is 1. The van der Waals surface area contributed by atoms with Gasteiger partial charge in [0.05, 0.1) is 11.6 Å². The molecule has 5 nitrogen and oxygen atoms in total. The molecule has 1 aromatic heterocycles. The van der Waals surface area contributed by atoms with Crippen molar-refractivity contribution in [3.63, 3.8) is 0 Å². The topological polar surface area (TPSA) is 73.4 Å². The summed E-state index contributed by atoms with van der Waals surface area (Å²) in [4.78, 5) is 29.8. The molecule has 0 saturated heterocycles. The molecule has 6 heteroatoms. The summed E-state index contributed by atoms with van der Waals surface area (Å²) in [6, 6.07) is 12.8. The van der Waals surface area contributed by atoms with Crippen LogP contribution in [0.2, 0.25) is 5.02 Å². The van der Waals surface area contributed by atoms with E-state index in [1.807, 2.05) is 49.5 Å². The Balaban J connectivity index is 1.69. The van der Waals surface area contributed by atoms with E-state index in [1.54, 1.807) is 11.0 Å². The van der Waals surface area contributed by atoms with Crippen molar-refractivity contribution in [2.45, 2.75) is 26.3 Å². The number of carbonyl (C=O) groups excluding carboxylic acids is 2. The highest BCUT2D eigenvalue weighted by Crippen LogP contribution is 2.39. The number of hydrogen-bond donors (Lipinski definition) is 2. The van der Waals surface area contributed by atoms with Crippen LogP contribution in [0.5, 0.6) is 0 Å². The van der Waals surface area contributed by atoms with Crippen LogP contribution in [-0.2, 0) is 16.0 Å². The van der Waals surface area contributed by atoms with E-state index >= 15 is 0 Å². The molecule has 3 aromatic rings. The molecule has 0 aliphatic carbocycles. The van der Waals surface area contributed by atoms with E-state index in [2.05, 4.69) is 4.98 Å². The smallest absolute Gasteiger partial charge is 0.290 e. The fourth-order valence-electron chi connectivity index (χ4n) is 3.95. The second-order valence-corrected chi connectivity index (χ2v) is 7.74. The van der Waals surface area contributed by atoms with Gasteiger partial charge in [0.1, 0.15) is 0 Å². The number of aliphatic hydroxyl groups is 1. The number of nitrogens with one attached hydrogen (secondary N) is 1. The van der Waals surface area contributed by atoms with E-state index < -0.39 is 17.7 Å². The Kier molecular flexibility index (Phi) is 4.92. The van der Waals surface area contributed by atoms with Crippen molar-refractivity contribution in [3.8, 4) is 0 Å². The quantitative estimate of drug-likeness (QED) is 0.645. The maximum Gasteiger partial charge on any atom is 0.290 e. The molecule has 0 fully saturated rings. The highest BCUT2D eigenvalue weighted by atomic mass is 35.5. The highest BCUT2D eigenvalue weighted by molar-refractivity contribution is 6.31. The summed E-state index contributed by atoms with van der Waals surface area (Å²) in [5.74, 6) is -1.33. The van der Waals surface area contributed by atoms with Crippen LogP contribution in [0, 0.1) is 6.92 Å². The van der Waals surface area contributed by atoms with Crippen molar-refractivity contribution in [2.75, 3.05) is 6.54 Å². The minimum Gasteiger partial charge on any atom is -0.503 e. The van der Waals surface area contributed by atoms with Crippen LogP contribution in [0.25, 0.3) is 10.9 Å². The second kappa shape index (κ2) is 7.41. The van der Waals surface area contributed by atoms with Gasteiger partial charge in [-0.1, -0.05) is 41.9 Å². The zero-order valence-electron chi connectivity index (χ0n) is 16.2. The van der Waals surface area contributed by atoms with E-state index in [0.717, 1.165) is 22.0 Å². The van der Waals surface area contributed by atoms with E-state index in [4.69, 9.17) is 11.6 Å². The number of nitrogens with zero attached hydrogens (tertiary/aromatic N) is 1. The van der Waals surface area contributed by atoms with Gasteiger partial charge in [-0.3, -0.25) is 9.59 Å². The van der Waals surface area contributed by atoms with Crippen LogP contribution >= 0.6 is 11.6 Å². The Morgan fingerprint density at radius 2 is 2.00 bits per heavy atom. The number of benzene rings is 2. The lowest BCUT2D eigenvalue weighted by Gasteiger charge is -2.27. The van der Waals surface area contributed by atoms with Gasteiger partial charge < -0.3 is 15.0 Å². The Morgan fingerprint density at radius 3 is 2.72 bits per heavy atom. The fourth-order valence-corrected chi connectivity index (χ4v) is 4.14. The van der Waals surface area contributed by atoms with Gasteiger partial charge in [-0.05, 0) is 49.1 Å². The number of carbonyl (C=O) groups is 2. The van der Waals surface area contributed by atoms with Crippen LogP contribution in [0.1, 0.15) is 29.7 Å². The Morgan fingerprint density at radius 1 is 1.24 bits per heavy atom.